The van der Waals surface area contributed by atoms with Crippen LogP contribution in [0.3, 0.4) is 0 Å². The summed E-state index contributed by atoms with van der Waals surface area (Å²) in [4.78, 5) is 0. The number of ether oxygens (including phenoxy) is 1. The highest BCUT2D eigenvalue weighted by atomic mass is 19.1. The fourth-order valence-electron chi connectivity index (χ4n) is 2.54. The van der Waals surface area contributed by atoms with E-state index in [4.69, 9.17) is 10.00 Å². The number of rotatable bonds is 4. The lowest BCUT2D eigenvalue weighted by Crippen LogP contribution is -2.30. The van der Waals surface area contributed by atoms with Crippen molar-refractivity contribution in [1.82, 2.24) is 5.32 Å². The number of nitrogens with zero attached hydrogens (tertiary/aromatic N) is 1. The fourth-order valence-corrected chi connectivity index (χ4v) is 2.54. The van der Waals surface area contributed by atoms with Gasteiger partial charge in [-0.1, -0.05) is 30.3 Å². The second-order valence-electron chi connectivity index (χ2n) is 5.07. The average Bonchev–Trinajstić information content (AvgIpc) is 2.91. The van der Waals surface area contributed by atoms with E-state index in [2.05, 4.69) is 11.4 Å². The second kappa shape index (κ2) is 5.94. The number of halogens is 1. The lowest BCUT2D eigenvalue weighted by Gasteiger charge is -2.12. The minimum Gasteiger partial charge on any atom is -0.488 e. The summed E-state index contributed by atoms with van der Waals surface area (Å²) >= 11 is 0. The Morgan fingerprint density at radius 3 is 2.90 bits per heavy atom. The molecule has 1 aliphatic heterocycles. The first kappa shape index (κ1) is 13.6. The molecule has 0 saturated heterocycles. The smallest absolute Gasteiger partial charge is 0.145 e. The Kier molecular flexibility index (Phi) is 3.85. The first-order valence-corrected chi connectivity index (χ1v) is 6.90. The summed E-state index contributed by atoms with van der Waals surface area (Å²) in [6.07, 6.45) is 0.939. The van der Waals surface area contributed by atoms with Crippen LogP contribution in [-0.4, -0.2) is 12.6 Å². The van der Waals surface area contributed by atoms with Crippen LogP contribution in [0.15, 0.2) is 42.5 Å². The van der Waals surface area contributed by atoms with Gasteiger partial charge in [-0.3, -0.25) is 0 Å². The van der Waals surface area contributed by atoms with Crippen molar-refractivity contribution in [1.29, 1.82) is 5.26 Å². The summed E-state index contributed by atoms with van der Waals surface area (Å²) < 4.78 is 19.7. The molecule has 0 aliphatic carbocycles. The highest BCUT2D eigenvalue weighted by Crippen LogP contribution is 2.27. The van der Waals surface area contributed by atoms with Gasteiger partial charge in [-0.2, -0.15) is 5.26 Å². The molecule has 2 aromatic carbocycles. The van der Waals surface area contributed by atoms with Crippen molar-refractivity contribution in [3.63, 3.8) is 0 Å². The van der Waals surface area contributed by atoms with Crippen LogP contribution in [-0.2, 0) is 13.0 Å². The first-order valence-electron chi connectivity index (χ1n) is 6.90. The van der Waals surface area contributed by atoms with E-state index in [0.717, 1.165) is 12.2 Å². The summed E-state index contributed by atoms with van der Waals surface area (Å²) in [5.41, 5.74) is 1.80. The van der Waals surface area contributed by atoms with E-state index in [1.807, 2.05) is 24.3 Å². The Balaban J connectivity index is 1.55. The van der Waals surface area contributed by atoms with E-state index in [-0.39, 0.29) is 11.7 Å². The van der Waals surface area contributed by atoms with Gasteiger partial charge in [-0.05, 0) is 17.7 Å². The van der Waals surface area contributed by atoms with Gasteiger partial charge in [-0.15, -0.1) is 0 Å². The first-order chi connectivity index (χ1) is 10.3. The number of fused-ring (bicyclic) bond motifs is 1. The summed E-state index contributed by atoms with van der Waals surface area (Å²) in [5.74, 6) is 0.491. The zero-order valence-electron chi connectivity index (χ0n) is 11.5. The van der Waals surface area contributed by atoms with E-state index in [1.165, 1.54) is 11.6 Å². The molecule has 3 rings (SSSR count). The minimum atomic E-state index is -0.442. The SMILES string of the molecule is N#Cc1cccc(CNCC2Cc3ccccc3O2)c1F. The van der Waals surface area contributed by atoms with E-state index >= 15 is 0 Å². The highest BCUT2D eigenvalue weighted by molar-refractivity contribution is 5.37. The van der Waals surface area contributed by atoms with Crippen molar-refractivity contribution in [2.75, 3.05) is 6.54 Å². The summed E-state index contributed by atoms with van der Waals surface area (Å²) in [6.45, 7) is 1.03. The Morgan fingerprint density at radius 2 is 2.10 bits per heavy atom. The standard InChI is InChI=1S/C17H15FN2O/c18-17-13(9-19)5-3-6-14(17)10-20-11-15-8-12-4-1-2-7-16(12)21-15/h1-7,15,20H,8,10-11H2. The zero-order chi connectivity index (χ0) is 14.7. The molecule has 1 heterocycles. The van der Waals surface area contributed by atoms with Crippen molar-refractivity contribution in [2.24, 2.45) is 0 Å². The van der Waals surface area contributed by atoms with Crippen LogP contribution in [0.2, 0.25) is 0 Å². The Hall–Kier alpha value is -2.38. The third-order valence-electron chi connectivity index (χ3n) is 3.60. The van der Waals surface area contributed by atoms with Crippen LogP contribution < -0.4 is 10.1 Å². The van der Waals surface area contributed by atoms with Gasteiger partial charge in [-0.25, -0.2) is 4.39 Å². The number of hydrogen-bond donors (Lipinski definition) is 1. The van der Waals surface area contributed by atoms with Crippen LogP contribution in [0.4, 0.5) is 4.39 Å². The van der Waals surface area contributed by atoms with Crippen molar-refractivity contribution in [3.8, 4) is 11.8 Å². The third kappa shape index (κ3) is 2.88. The Morgan fingerprint density at radius 1 is 1.24 bits per heavy atom. The zero-order valence-corrected chi connectivity index (χ0v) is 11.5. The molecule has 4 heteroatoms. The van der Waals surface area contributed by atoms with Crippen LogP contribution in [0.1, 0.15) is 16.7 Å². The molecule has 0 amide bonds. The van der Waals surface area contributed by atoms with Crippen LogP contribution >= 0.6 is 0 Å². The molecule has 1 unspecified atom stereocenters. The molecule has 0 spiro atoms. The Bertz CT molecular complexity index is 668. The van der Waals surface area contributed by atoms with Gasteiger partial charge in [0, 0.05) is 25.1 Å². The van der Waals surface area contributed by atoms with Gasteiger partial charge in [0.2, 0.25) is 0 Å². The van der Waals surface area contributed by atoms with Crippen molar-refractivity contribution in [2.45, 2.75) is 19.1 Å². The molecule has 0 aromatic heterocycles. The van der Waals surface area contributed by atoms with E-state index in [1.54, 1.807) is 12.1 Å². The maximum atomic E-state index is 13.9. The average molecular weight is 282 g/mol. The lowest BCUT2D eigenvalue weighted by atomic mass is 10.1. The van der Waals surface area contributed by atoms with Crippen LogP contribution in [0.25, 0.3) is 0 Å². The maximum absolute atomic E-state index is 13.9. The lowest BCUT2D eigenvalue weighted by molar-refractivity contribution is 0.227. The summed E-state index contributed by atoms with van der Waals surface area (Å²) in [5, 5.41) is 12.0. The molecule has 1 atom stereocenters. The van der Waals surface area contributed by atoms with E-state index < -0.39 is 5.82 Å². The van der Waals surface area contributed by atoms with Gasteiger partial charge in [0.25, 0.3) is 0 Å². The normalized spacial score (nSPS) is 16.1. The molecule has 1 aliphatic rings. The van der Waals surface area contributed by atoms with Gasteiger partial charge in [0.15, 0.2) is 0 Å². The molecule has 0 saturated carbocycles. The van der Waals surface area contributed by atoms with Gasteiger partial charge >= 0.3 is 0 Å². The topological polar surface area (TPSA) is 45.0 Å². The molecule has 3 nitrogen and oxygen atoms in total. The Labute approximate surface area is 123 Å². The summed E-state index contributed by atoms with van der Waals surface area (Å²) in [6, 6.07) is 14.7. The number of nitriles is 1. The van der Waals surface area contributed by atoms with Crippen LogP contribution in [0, 0.1) is 17.1 Å². The van der Waals surface area contributed by atoms with E-state index in [9.17, 15) is 4.39 Å². The van der Waals surface area contributed by atoms with E-state index in [0.29, 0.717) is 18.7 Å². The van der Waals surface area contributed by atoms with Crippen molar-refractivity contribution >= 4 is 0 Å². The molecule has 0 bridgehead atoms. The molecule has 1 N–H and O–H groups in total. The number of para-hydroxylation sites is 1. The quantitative estimate of drug-likeness (QED) is 0.938. The molecular formula is C17H15FN2O. The van der Waals surface area contributed by atoms with Crippen molar-refractivity contribution in [3.05, 3.63) is 65.0 Å². The highest BCUT2D eigenvalue weighted by Gasteiger charge is 2.21. The molecule has 0 fully saturated rings. The molecule has 2 aromatic rings. The minimum absolute atomic E-state index is 0.0737. The largest absolute Gasteiger partial charge is 0.488 e. The number of hydrogen-bond acceptors (Lipinski definition) is 3. The number of nitrogens with one attached hydrogen (secondary N) is 1. The molecule has 21 heavy (non-hydrogen) atoms. The predicted octanol–water partition coefficient (Wildman–Crippen LogP) is 2.79. The molecule has 0 radical (unpaired) electrons. The van der Waals surface area contributed by atoms with Crippen LogP contribution in [0.5, 0.6) is 5.75 Å². The monoisotopic (exact) mass is 282 g/mol. The van der Waals surface area contributed by atoms with Gasteiger partial charge in [0.1, 0.15) is 23.7 Å². The predicted molar refractivity (Wildman–Crippen MR) is 77.4 cm³/mol. The molecule has 106 valence electrons. The maximum Gasteiger partial charge on any atom is 0.145 e. The third-order valence-corrected chi connectivity index (χ3v) is 3.60. The van der Waals surface area contributed by atoms with Crippen molar-refractivity contribution < 1.29 is 9.13 Å². The molecular weight excluding hydrogens is 267 g/mol. The fraction of sp³-hybridized carbons (Fsp3) is 0.235. The van der Waals surface area contributed by atoms with Gasteiger partial charge < -0.3 is 10.1 Å². The van der Waals surface area contributed by atoms with Gasteiger partial charge in [0.05, 0.1) is 5.56 Å². The summed E-state index contributed by atoms with van der Waals surface area (Å²) in [7, 11) is 0. The number of benzene rings is 2. The second-order valence-corrected chi connectivity index (χ2v) is 5.07.